The number of halogens is 1. The van der Waals surface area contributed by atoms with Gasteiger partial charge < -0.3 is 0 Å². The van der Waals surface area contributed by atoms with Gasteiger partial charge in [-0.25, -0.2) is 5.32 Å². The molecule has 0 bridgehead atoms. The third kappa shape index (κ3) is 2.32. The van der Waals surface area contributed by atoms with Crippen LogP contribution in [0.3, 0.4) is 0 Å². The van der Waals surface area contributed by atoms with E-state index >= 15 is 0 Å². The van der Waals surface area contributed by atoms with Crippen LogP contribution in [0.15, 0.2) is 28.7 Å². The standard InChI is InChI=1S/C11H13BrN/c12-11-5-3-9(4-6-11)10-2-1-7-13-8-10/h3-6,10H,1-2,7-8H2. The molecule has 1 aromatic carbocycles. The topological polar surface area (TPSA) is 14.1 Å². The molecular formula is C11H13BrN. The number of hydrogen-bond acceptors (Lipinski definition) is 0. The van der Waals surface area contributed by atoms with Crippen LogP contribution >= 0.6 is 15.9 Å². The van der Waals surface area contributed by atoms with E-state index in [0.717, 1.165) is 17.6 Å². The van der Waals surface area contributed by atoms with Gasteiger partial charge in [0.1, 0.15) is 0 Å². The van der Waals surface area contributed by atoms with Crippen molar-refractivity contribution in [1.82, 2.24) is 5.32 Å². The lowest BCUT2D eigenvalue weighted by atomic mass is 9.92. The van der Waals surface area contributed by atoms with Crippen LogP contribution in [0.4, 0.5) is 0 Å². The van der Waals surface area contributed by atoms with Crippen molar-refractivity contribution in [2.24, 2.45) is 0 Å². The van der Waals surface area contributed by atoms with Gasteiger partial charge in [-0.1, -0.05) is 28.1 Å². The predicted octanol–water partition coefficient (Wildman–Crippen LogP) is 2.93. The van der Waals surface area contributed by atoms with Gasteiger partial charge in [-0.2, -0.15) is 0 Å². The maximum atomic E-state index is 4.45. The van der Waals surface area contributed by atoms with Crippen LogP contribution < -0.4 is 5.32 Å². The lowest BCUT2D eigenvalue weighted by Crippen LogP contribution is -2.22. The van der Waals surface area contributed by atoms with Crippen molar-refractivity contribution in [1.29, 1.82) is 0 Å². The first-order valence-electron chi connectivity index (χ1n) is 4.75. The van der Waals surface area contributed by atoms with Crippen LogP contribution in [-0.2, 0) is 0 Å². The molecule has 0 amide bonds. The Kier molecular flexibility index (Phi) is 3.01. The second kappa shape index (κ2) is 4.25. The molecule has 0 N–H and O–H groups in total. The normalized spacial score (nSPS) is 23.0. The third-order valence-electron chi connectivity index (χ3n) is 2.56. The average Bonchev–Trinajstić information content (AvgIpc) is 2.20. The van der Waals surface area contributed by atoms with Gasteiger partial charge in [0.05, 0.1) is 0 Å². The van der Waals surface area contributed by atoms with Crippen molar-refractivity contribution in [2.75, 3.05) is 13.1 Å². The molecule has 1 fully saturated rings. The molecule has 0 saturated carbocycles. The zero-order valence-corrected chi connectivity index (χ0v) is 9.13. The molecular weight excluding hydrogens is 226 g/mol. The largest absolute Gasteiger partial charge is 0.241 e. The van der Waals surface area contributed by atoms with Gasteiger partial charge in [0.25, 0.3) is 0 Å². The SMILES string of the molecule is Brc1ccc(C2CCC[N]C2)cc1. The van der Waals surface area contributed by atoms with E-state index in [4.69, 9.17) is 0 Å². The number of piperidine rings is 1. The van der Waals surface area contributed by atoms with Crippen molar-refractivity contribution in [3.05, 3.63) is 34.3 Å². The maximum Gasteiger partial charge on any atom is 0.0202 e. The number of hydrogen-bond donors (Lipinski definition) is 0. The zero-order valence-electron chi connectivity index (χ0n) is 7.54. The Hall–Kier alpha value is -0.340. The molecule has 1 radical (unpaired) electrons. The van der Waals surface area contributed by atoms with Crippen molar-refractivity contribution in [3.8, 4) is 0 Å². The summed E-state index contributed by atoms with van der Waals surface area (Å²) in [5.41, 5.74) is 1.44. The van der Waals surface area contributed by atoms with Crippen LogP contribution in [0.2, 0.25) is 0 Å². The van der Waals surface area contributed by atoms with E-state index in [2.05, 4.69) is 45.5 Å². The van der Waals surface area contributed by atoms with Crippen LogP contribution in [0.5, 0.6) is 0 Å². The van der Waals surface area contributed by atoms with E-state index in [0.29, 0.717) is 5.92 Å². The minimum absolute atomic E-state index is 0.668. The minimum Gasteiger partial charge on any atom is -0.241 e. The first-order chi connectivity index (χ1) is 6.36. The fourth-order valence-corrected chi connectivity index (χ4v) is 2.06. The van der Waals surface area contributed by atoms with E-state index in [1.165, 1.54) is 18.4 Å². The maximum absolute atomic E-state index is 4.45. The Labute approximate surface area is 87.7 Å². The van der Waals surface area contributed by atoms with Crippen molar-refractivity contribution < 1.29 is 0 Å². The molecule has 1 aromatic rings. The summed E-state index contributed by atoms with van der Waals surface area (Å²) in [6, 6.07) is 8.64. The molecule has 1 unspecified atom stereocenters. The molecule has 1 atom stereocenters. The van der Waals surface area contributed by atoms with Gasteiger partial charge in [0.15, 0.2) is 0 Å². The first kappa shape index (κ1) is 9.22. The van der Waals surface area contributed by atoms with E-state index < -0.39 is 0 Å². The fourth-order valence-electron chi connectivity index (χ4n) is 1.79. The van der Waals surface area contributed by atoms with Gasteiger partial charge in [-0.15, -0.1) is 0 Å². The summed E-state index contributed by atoms with van der Waals surface area (Å²) in [5, 5.41) is 4.45. The highest BCUT2D eigenvalue weighted by Gasteiger charge is 2.15. The lowest BCUT2D eigenvalue weighted by molar-refractivity contribution is 0.454. The Morgan fingerprint density at radius 1 is 1.23 bits per heavy atom. The van der Waals surface area contributed by atoms with E-state index in [9.17, 15) is 0 Å². The summed E-state index contributed by atoms with van der Waals surface area (Å²) in [7, 11) is 0. The van der Waals surface area contributed by atoms with Crippen molar-refractivity contribution in [2.45, 2.75) is 18.8 Å². The van der Waals surface area contributed by atoms with E-state index in [1.54, 1.807) is 0 Å². The zero-order chi connectivity index (χ0) is 9.10. The number of rotatable bonds is 1. The summed E-state index contributed by atoms with van der Waals surface area (Å²) in [5.74, 6) is 0.668. The Bertz CT molecular complexity index is 262. The van der Waals surface area contributed by atoms with Crippen LogP contribution in [0.1, 0.15) is 24.3 Å². The highest BCUT2D eigenvalue weighted by Crippen LogP contribution is 2.24. The van der Waals surface area contributed by atoms with E-state index in [-0.39, 0.29) is 0 Å². The van der Waals surface area contributed by atoms with Gasteiger partial charge >= 0.3 is 0 Å². The van der Waals surface area contributed by atoms with Gasteiger partial charge in [0.2, 0.25) is 0 Å². The van der Waals surface area contributed by atoms with Gasteiger partial charge in [0, 0.05) is 17.6 Å². The molecule has 2 rings (SSSR count). The molecule has 0 aromatic heterocycles. The Morgan fingerprint density at radius 3 is 2.62 bits per heavy atom. The third-order valence-corrected chi connectivity index (χ3v) is 3.09. The van der Waals surface area contributed by atoms with Gasteiger partial charge in [-0.3, -0.25) is 0 Å². The molecule has 1 aliphatic rings. The summed E-state index contributed by atoms with van der Waals surface area (Å²) in [4.78, 5) is 0. The monoisotopic (exact) mass is 238 g/mol. The molecule has 1 saturated heterocycles. The highest BCUT2D eigenvalue weighted by atomic mass is 79.9. The lowest BCUT2D eigenvalue weighted by Gasteiger charge is -2.21. The summed E-state index contributed by atoms with van der Waals surface area (Å²) < 4.78 is 1.16. The van der Waals surface area contributed by atoms with Gasteiger partial charge in [-0.05, 0) is 36.5 Å². The molecule has 13 heavy (non-hydrogen) atoms. The Morgan fingerprint density at radius 2 is 2.00 bits per heavy atom. The molecule has 69 valence electrons. The summed E-state index contributed by atoms with van der Waals surface area (Å²) in [6.45, 7) is 2.08. The highest BCUT2D eigenvalue weighted by molar-refractivity contribution is 9.10. The second-order valence-electron chi connectivity index (χ2n) is 3.52. The second-order valence-corrected chi connectivity index (χ2v) is 4.44. The van der Waals surface area contributed by atoms with Crippen LogP contribution in [0, 0.1) is 0 Å². The van der Waals surface area contributed by atoms with E-state index in [1.807, 2.05) is 0 Å². The van der Waals surface area contributed by atoms with Crippen LogP contribution in [0.25, 0.3) is 0 Å². The molecule has 1 heterocycles. The number of nitrogens with zero attached hydrogens (tertiary/aromatic N) is 1. The van der Waals surface area contributed by atoms with Crippen molar-refractivity contribution in [3.63, 3.8) is 0 Å². The molecule has 1 nitrogen and oxygen atoms in total. The van der Waals surface area contributed by atoms with Crippen molar-refractivity contribution >= 4 is 15.9 Å². The molecule has 1 aliphatic heterocycles. The molecule has 0 spiro atoms. The summed E-state index contributed by atoms with van der Waals surface area (Å²) in [6.07, 6.45) is 2.55. The average molecular weight is 239 g/mol. The van der Waals surface area contributed by atoms with Crippen LogP contribution in [-0.4, -0.2) is 13.1 Å². The predicted molar refractivity (Wildman–Crippen MR) is 58.0 cm³/mol. The first-order valence-corrected chi connectivity index (χ1v) is 5.54. The summed E-state index contributed by atoms with van der Waals surface area (Å²) >= 11 is 3.45. The number of benzene rings is 1. The Balaban J connectivity index is 2.10. The molecule has 2 heteroatoms. The smallest absolute Gasteiger partial charge is 0.0202 e. The molecule has 0 aliphatic carbocycles. The quantitative estimate of drug-likeness (QED) is 0.715. The fraction of sp³-hybridized carbons (Fsp3) is 0.455. The minimum atomic E-state index is 0.668.